The van der Waals surface area contributed by atoms with Gasteiger partial charge in [-0.2, -0.15) is 5.10 Å². The normalized spacial score (nSPS) is 10.6. The van der Waals surface area contributed by atoms with Gasteiger partial charge in [0.1, 0.15) is 0 Å². The van der Waals surface area contributed by atoms with Gasteiger partial charge in [-0.3, -0.25) is 9.48 Å². The largest absolute Gasteiger partial charge is 0.288 e. The molecule has 0 spiro atoms. The molecule has 3 nitrogen and oxygen atoms in total. The molecule has 0 aliphatic heterocycles. The highest BCUT2D eigenvalue weighted by Gasteiger charge is 2.14. The Morgan fingerprint density at radius 2 is 2.17 bits per heavy atom. The van der Waals surface area contributed by atoms with Crippen molar-refractivity contribution in [2.75, 3.05) is 0 Å². The van der Waals surface area contributed by atoms with E-state index in [9.17, 15) is 4.79 Å². The van der Waals surface area contributed by atoms with Crippen molar-refractivity contribution in [2.24, 2.45) is 0 Å². The number of ketones is 1. The number of halogens is 2. The summed E-state index contributed by atoms with van der Waals surface area (Å²) in [6.07, 6.45) is 4.26. The third-order valence-corrected chi connectivity index (χ3v) is 3.07. The van der Waals surface area contributed by atoms with Gasteiger partial charge in [-0.25, -0.2) is 0 Å². The maximum Gasteiger partial charge on any atom is 0.197 e. The summed E-state index contributed by atoms with van der Waals surface area (Å²) in [6.45, 7) is 2.85. The van der Waals surface area contributed by atoms with E-state index in [0.29, 0.717) is 21.2 Å². The molecule has 0 amide bonds. The van der Waals surface area contributed by atoms with Gasteiger partial charge in [0, 0.05) is 23.3 Å². The number of aryl methyl sites for hydroxylation is 1. The molecule has 2 rings (SSSR count). The highest BCUT2D eigenvalue weighted by molar-refractivity contribution is 6.37. The van der Waals surface area contributed by atoms with Gasteiger partial charge in [0.25, 0.3) is 0 Å². The van der Waals surface area contributed by atoms with E-state index in [1.807, 2.05) is 0 Å². The van der Waals surface area contributed by atoms with Gasteiger partial charge >= 0.3 is 0 Å². The van der Waals surface area contributed by atoms with E-state index in [2.05, 4.69) is 12.0 Å². The van der Waals surface area contributed by atoms with Crippen molar-refractivity contribution < 1.29 is 4.79 Å². The smallest absolute Gasteiger partial charge is 0.197 e. The van der Waals surface area contributed by atoms with Crippen LogP contribution in [0.15, 0.2) is 30.6 Å². The summed E-state index contributed by atoms with van der Waals surface area (Å²) in [6, 6.07) is 4.84. The summed E-state index contributed by atoms with van der Waals surface area (Å²) in [5, 5.41) is 5.00. The molecule has 0 bridgehead atoms. The highest BCUT2D eigenvalue weighted by atomic mass is 35.5. The Morgan fingerprint density at radius 3 is 2.83 bits per heavy atom. The zero-order chi connectivity index (χ0) is 13.1. The molecule has 1 aromatic heterocycles. The molecule has 94 valence electrons. The highest BCUT2D eigenvalue weighted by Crippen LogP contribution is 2.23. The molecule has 0 saturated heterocycles. The quantitative estimate of drug-likeness (QED) is 0.799. The summed E-state index contributed by atoms with van der Waals surface area (Å²) in [5.41, 5.74) is 0.977. The zero-order valence-electron chi connectivity index (χ0n) is 9.86. The Kier molecular flexibility index (Phi) is 4.04. The van der Waals surface area contributed by atoms with Crippen molar-refractivity contribution in [3.8, 4) is 0 Å². The lowest BCUT2D eigenvalue weighted by Gasteiger charge is -2.01. The summed E-state index contributed by atoms with van der Waals surface area (Å²) in [4.78, 5) is 12.2. The standard InChI is InChI=1S/C13H12Cl2N2O/c1-2-5-17-8-9(7-16-17)13(18)11-4-3-10(14)6-12(11)15/h3-4,6-8H,2,5H2,1H3. The summed E-state index contributed by atoms with van der Waals surface area (Å²) in [5.74, 6) is -0.140. The van der Waals surface area contributed by atoms with Crippen LogP contribution in [0.2, 0.25) is 10.0 Å². The van der Waals surface area contributed by atoms with E-state index < -0.39 is 0 Å². The van der Waals surface area contributed by atoms with Crippen LogP contribution >= 0.6 is 23.2 Å². The molecule has 1 aromatic carbocycles. The second-order valence-electron chi connectivity index (χ2n) is 3.95. The topological polar surface area (TPSA) is 34.9 Å². The molecule has 18 heavy (non-hydrogen) atoms. The number of hydrogen-bond acceptors (Lipinski definition) is 2. The average molecular weight is 283 g/mol. The van der Waals surface area contributed by atoms with Crippen molar-refractivity contribution in [2.45, 2.75) is 19.9 Å². The van der Waals surface area contributed by atoms with Crippen LogP contribution in [0.4, 0.5) is 0 Å². The third kappa shape index (κ3) is 2.74. The maximum absolute atomic E-state index is 12.2. The molecule has 2 aromatic rings. The van der Waals surface area contributed by atoms with Crippen LogP contribution in [0.3, 0.4) is 0 Å². The Bertz CT molecular complexity index is 578. The number of nitrogens with zero attached hydrogens (tertiary/aromatic N) is 2. The monoisotopic (exact) mass is 282 g/mol. The van der Waals surface area contributed by atoms with E-state index in [1.165, 1.54) is 0 Å². The minimum Gasteiger partial charge on any atom is -0.288 e. The minimum absolute atomic E-state index is 0.140. The Labute approximate surface area is 115 Å². The molecule has 0 aliphatic rings. The molecule has 5 heteroatoms. The van der Waals surface area contributed by atoms with Crippen molar-refractivity contribution in [3.05, 3.63) is 51.8 Å². The number of carbonyl (C=O) groups is 1. The fourth-order valence-electron chi connectivity index (χ4n) is 1.66. The SMILES string of the molecule is CCCn1cc(C(=O)c2ccc(Cl)cc2Cl)cn1. The first kappa shape index (κ1) is 13.1. The van der Waals surface area contributed by atoms with Gasteiger partial charge < -0.3 is 0 Å². The first-order valence-electron chi connectivity index (χ1n) is 5.64. The van der Waals surface area contributed by atoms with Crippen LogP contribution in [-0.4, -0.2) is 15.6 Å². The van der Waals surface area contributed by atoms with Crippen LogP contribution in [0, 0.1) is 0 Å². The molecule has 0 fully saturated rings. The first-order chi connectivity index (χ1) is 8.61. The van der Waals surface area contributed by atoms with Gasteiger partial charge in [-0.05, 0) is 24.6 Å². The second-order valence-corrected chi connectivity index (χ2v) is 4.79. The Balaban J connectivity index is 2.29. The number of rotatable bonds is 4. The lowest BCUT2D eigenvalue weighted by molar-refractivity contribution is 0.103. The summed E-state index contributed by atoms with van der Waals surface area (Å²) in [7, 11) is 0. The lowest BCUT2D eigenvalue weighted by atomic mass is 10.1. The number of hydrogen-bond donors (Lipinski definition) is 0. The Hall–Kier alpha value is -1.32. The molecule has 1 heterocycles. The molecular weight excluding hydrogens is 271 g/mol. The molecule has 0 N–H and O–H groups in total. The van der Waals surface area contributed by atoms with Crippen molar-refractivity contribution in [1.29, 1.82) is 0 Å². The number of carbonyl (C=O) groups excluding carboxylic acids is 1. The van der Waals surface area contributed by atoms with E-state index in [4.69, 9.17) is 23.2 Å². The third-order valence-electron chi connectivity index (χ3n) is 2.52. The Morgan fingerprint density at radius 1 is 1.39 bits per heavy atom. The van der Waals surface area contributed by atoms with Crippen LogP contribution in [0.1, 0.15) is 29.3 Å². The van der Waals surface area contributed by atoms with Gasteiger partial charge in [-0.15, -0.1) is 0 Å². The minimum atomic E-state index is -0.140. The molecule has 0 radical (unpaired) electrons. The number of aromatic nitrogens is 2. The predicted molar refractivity (Wildman–Crippen MR) is 72.4 cm³/mol. The van der Waals surface area contributed by atoms with E-state index in [1.54, 1.807) is 35.3 Å². The van der Waals surface area contributed by atoms with Gasteiger partial charge in [0.05, 0.1) is 16.8 Å². The van der Waals surface area contributed by atoms with Crippen molar-refractivity contribution in [1.82, 2.24) is 9.78 Å². The fourth-order valence-corrected chi connectivity index (χ4v) is 2.16. The molecule has 0 unspecified atom stereocenters. The van der Waals surface area contributed by atoms with Gasteiger partial charge in [-0.1, -0.05) is 30.1 Å². The van der Waals surface area contributed by atoms with E-state index in [0.717, 1.165) is 13.0 Å². The van der Waals surface area contributed by atoms with Gasteiger partial charge in [0.15, 0.2) is 5.78 Å². The van der Waals surface area contributed by atoms with Crippen molar-refractivity contribution in [3.63, 3.8) is 0 Å². The lowest BCUT2D eigenvalue weighted by Crippen LogP contribution is -2.01. The molecule has 0 saturated carbocycles. The van der Waals surface area contributed by atoms with Crippen LogP contribution in [-0.2, 0) is 6.54 Å². The first-order valence-corrected chi connectivity index (χ1v) is 6.39. The summed E-state index contributed by atoms with van der Waals surface area (Å²) < 4.78 is 1.75. The zero-order valence-corrected chi connectivity index (χ0v) is 11.4. The maximum atomic E-state index is 12.2. The molecular formula is C13H12Cl2N2O. The van der Waals surface area contributed by atoms with Crippen molar-refractivity contribution >= 4 is 29.0 Å². The van der Waals surface area contributed by atoms with E-state index in [-0.39, 0.29) is 5.78 Å². The molecule has 0 aliphatic carbocycles. The van der Waals surface area contributed by atoms with Crippen LogP contribution in [0.5, 0.6) is 0 Å². The molecule has 0 atom stereocenters. The van der Waals surface area contributed by atoms with Crippen LogP contribution in [0.25, 0.3) is 0 Å². The average Bonchev–Trinajstić information content (AvgIpc) is 2.77. The second kappa shape index (κ2) is 5.55. The van der Waals surface area contributed by atoms with Gasteiger partial charge in [0.2, 0.25) is 0 Å². The van der Waals surface area contributed by atoms with Crippen LogP contribution < -0.4 is 0 Å². The predicted octanol–water partition coefficient (Wildman–Crippen LogP) is 3.83. The number of benzene rings is 1. The van der Waals surface area contributed by atoms with E-state index >= 15 is 0 Å². The summed E-state index contributed by atoms with van der Waals surface area (Å²) >= 11 is 11.8. The fraction of sp³-hybridized carbons (Fsp3) is 0.231.